The summed E-state index contributed by atoms with van der Waals surface area (Å²) in [7, 11) is 0. The van der Waals surface area contributed by atoms with Crippen molar-refractivity contribution >= 4 is 34.7 Å². The van der Waals surface area contributed by atoms with E-state index in [2.05, 4.69) is 5.10 Å². The lowest BCUT2D eigenvalue weighted by molar-refractivity contribution is 0.0696. The molecule has 0 fully saturated rings. The second-order valence-corrected chi connectivity index (χ2v) is 8.59. The lowest BCUT2D eigenvalue weighted by Crippen LogP contribution is -2.20. The van der Waals surface area contributed by atoms with Crippen molar-refractivity contribution in [3.8, 4) is 17.1 Å². The summed E-state index contributed by atoms with van der Waals surface area (Å²) in [6.07, 6.45) is 1.50. The highest BCUT2D eigenvalue weighted by Gasteiger charge is 2.13. The smallest absolute Gasteiger partial charge is 0.335 e. The SMILES string of the molecule is O=C(O)c1cccc(COc2ccc(Cl)cc2C=Nn2c(-c3ccccc3)nc3ccccc3c2=O)c1. The van der Waals surface area contributed by atoms with Crippen molar-refractivity contribution in [2.45, 2.75) is 6.61 Å². The number of rotatable bonds is 7. The van der Waals surface area contributed by atoms with Crippen LogP contribution < -0.4 is 10.3 Å². The van der Waals surface area contributed by atoms with Gasteiger partial charge in [0.05, 0.1) is 22.7 Å². The van der Waals surface area contributed by atoms with E-state index in [9.17, 15) is 14.7 Å². The van der Waals surface area contributed by atoms with Crippen LogP contribution in [0, 0.1) is 0 Å². The number of fused-ring (bicyclic) bond motifs is 1. The molecule has 182 valence electrons. The maximum Gasteiger partial charge on any atom is 0.335 e. The highest BCUT2D eigenvalue weighted by Crippen LogP contribution is 2.24. The Morgan fingerprint density at radius 1 is 0.973 bits per heavy atom. The maximum atomic E-state index is 13.4. The molecular formula is C29H20ClN3O4. The van der Waals surface area contributed by atoms with Crippen molar-refractivity contribution < 1.29 is 14.6 Å². The Kier molecular flexibility index (Phi) is 6.78. The molecule has 0 atom stereocenters. The molecule has 0 unspecified atom stereocenters. The molecular weight excluding hydrogens is 490 g/mol. The highest BCUT2D eigenvalue weighted by molar-refractivity contribution is 6.30. The number of ether oxygens (including phenoxy) is 1. The number of carboxylic acids is 1. The summed E-state index contributed by atoms with van der Waals surface area (Å²) < 4.78 is 7.23. The lowest BCUT2D eigenvalue weighted by atomic mass is 10.1. The molecule has 1 N–H and O–H groups in total. The summed E-state index contributed by atoms with van der Waals surface area (Å²) in [6, 6.07) is 28.0. The van der Waals surface area contributed by atoms with Gasteiger partial charge in [-0.05, 0) is 48.0 Å². The first-order chi connectivity index (χ1) is 18.0. The van der Waals surface area contributed by atoms with Gasteiger partial charge in [0.2, 0.25) is 0 Å². The van der Waals surface area contributed by atoms with Crippen LogP contribution in [0.4, 0.5) is 0 Å². The minimum atomic E-state index is -1.01. The van der Waals surface area contributed by atoms with Crippen LogP contribution in [0.25, 0.3) is 22.3 Å². The summed E-state index contributed by atoms with van der Waals surface area (Å²) in [5.74, 6) is -0.141. The van der Waals surface area contributed by atoms with Crippen LogP contribution in [-0.4, -0.2) is 27.0 Å². The Morgan fingerprint density at radius 2 is 1.76 bits per heavy atom. The highest BCUT2D eigenvalue weighted by atomic mass is 35.5. The molecule has 0 aliphatic carbocycles. The van der Waals surface area contributed by atoms with Crippen molar-refractivity contribution in [1.82, 2.24) is 9.66 Å². The molecule has 0 radical (unpaired) electrons. The summed E-state index contributed by atoms with van der Waals surface area (Å²) in [5.41, 5.74) is 2.42. The first-order valence-electron chi connectivity index (χ1n) is 11.4. The molecule has 0 saturated carbocycles. The number of nitrogens with zero attached hydrogens (tertiary/aromatic N) is 3. The van der Waals surface area contributed by atoms with E-state index in [1.54, 1.807) is 54.6 Å². The number of hydrogen-bond acceptors (Lipinski definition) is 5. The van der Waals surface area contributed by atoms with Crippen molar-refractivity contribution in [2.75, 3.05) is 0 Å². The fraction of sp³-hybridized carbons (Fsp3) is 0.0345. The molecule has 1 heterocycles. The molecule has 5 rings (SSSR count). The van der Waals surface area contributed by atoms with Crippen molar-refractivity contribution in [3.63, 3.8) is 0 Å². The van der Waals surface area contributed by atoms with Gasteiger partial charge in [0.25, 0.3) is 5.56 Å². The fourth-order valence-electron chi connectivity index (χ4n) is 3.83. The molecule has 0 aliphatic heterocycles. The largest absolute Gasteiger partial charge is 0.488 e. The van der Waals surface area contributed by atoms with Crippen LogP contribution in [0.2, 0.25) is 5.02 Å². The molecule has 7 nitrogen and oxygen atoms in total. The van der Waals surface area contributed by atoms with Crippen molar-refractivity contribution in [3.05, 3.63) is 129 Å². The minimum Gasteiger partial charge on any atom is -0.488 e. The number of hydrogen-bond donors (Lipinski definition) is 1. The van der Waals surface area contributed by atoms with Crippen LogP contribution >= 0.6 is 11.6 Å². The number of halogens is 1. The van der Waals surface area contributed by atoms with E-state index in [0.717, 1.165) is 5.56 Å². The second kappa shape index (κ2) is 10.5. The summed E-state index contributed by atoms with van der Waals surface area (Å²) in [4.78, 5) is 29.4. The van der Waals surface area contributed by atoms with Gasteiger partial charge in [-0.2, -0.15) is 9.78 Å². The van der Waals surface area contributed by atoms with E-state index < -0.39 is 5.97 Å². The molecule has 0 aliphatic rings. The molecule has 4 aromatic carbocycles. The predicted octanol–water partition coefficient (Wildman–Crippen LogP) is 5.88. The Morgan fingerprint density at radius 3 is 2.57 bits per heavy atom. The van der Waals surface area contributed by atoms with Crippen LogP contribution in [-0.2, 0) is 6.61 Å². The number of benzene rings is 4. The second-order valence-electron chi connectivity index (χ2n) is 8.16. The Labute approximate surface area is 216 Å². The molecule has 0 saturated heterocycles. The van der Waals surface area contributed by atoms with E-state index >= 15 is 0 Å². The normalized spacial score (nSPS) is 11.2. The van der Waals surface area contributed by atoms with Crippen LogP contribution in [0.1, 0.15) is 21.5 Å². The summed E-state index contributed by atoms with van der Waals surface area (Å²) in [6.45, 7) is 0.135. The molecule has 37 heavy (non-hydrogen) atoms. The van der Waals surface area contributed by atoms with Gasteiger partial charge in [-0.3, -0.25) is 4.79 Å². The average Bonchev–Trinajstić information content (AvgIpc) is 2.92. The molecule has 5 aromatic rings. The Balaban J connectivity index is 1.53. The fourth-order valence-corrected chi connectivity index (χ4v) is 4.01. The average molecular weight is 510 g/mol. The van der Waals surface area contributed by atoms with Gasteiger partial charge >= 0.3 is 5.97 Å². The Bertz CT molecular complexity index is 1700. The molecule has 0 spiro atoms. The predicted molar refractivity (Wildman–Crippen MR) is 144 cm³/mol. The lowest BCUT2D eigenvalue weighted by Gasteiger charge is -2.11. The molecule has 0 bridgehead atoms. The number of para-hydroxylation sites is 1. The van der Waals surface area contributed by atoms with Gasteiger partial charge in [0, 0.05) is 16.1 Å². The monoisotopic (exact) mass is 509 g/mol. The zero-order chi connectivity index (χ0) is 25.8. The maximum absolute atomic E-state index is 13.4. The summed E-state index contributed by atoms with van der Waals surface area (Å²) >= 11 is 6.24. The van der Waals surface area contributed by atoms with Gasteiger partial charge in [0.1, 0.15) is 12.4 Å². The van der Waals surface area contributed by atoms with E-state index in [-0.39, 0.29) is 17.7 Å². The third-order valence-corrected chi connectivity index (χ3v) is 5.87. The molecule has 0 amide bonds. The topological polar surface area (TPSA) is 93.8 Å². The van der Waals surface area contributed by atoms with E-state index in [0.29, 0.717) is 38.6 Å². The van der Waals surface area contributed by atoms with Crippen LogP contribution in [0.15, 0.2) is 107 Å². The first kappa shape index (κ1) is 24.0. The van der Waals surface area contributed by atoms with E-state index in [4.69, 9.17) is 21.3 Å². The van der Waals surface area contributed by atoms with Gasteiger partial charge < -0.3 is 9.84 Å². The van der Waals surface area contributed by atoms with Crippen molar-refractivity contribution in [1.29, 1.82) is 0 Å². The summed E-state index contributed by atoms with van der Waals surface area (Å²) in [5, 5.41) is 14.6. The number of carbonyl (C=O) groups is 1. The van der Waals surface area contributed by atoms with Gasteiger partial charge in [0.15, 0.2) is 5.82 Å². The standard InChI is InChI=1S/C29H20ClN3O4/c30-23-13-14-26(37-18-19-7-6-10-21(15-19)29(35)36)22(16-23)17-31-33-27(20-8-2-1-3-9-20)32-25-12-5-4-11-24(25)28(33)34/h1-17H,18H2,(H,35,36). The van der Waals surface area contributed by atoms with Gasteiger partial charge in [-0.1, -0.05) is 66.2 Å². The van der Waals surface area contributed by atoms with Crippen molar-refractivity contribution in [2.24, 2.45) is 5.10 Å². The number of aromatic carboxylic acids is 1. The third kappa shape index (κ3) is 5.27. The number of aromatic nitrogens is 2. The van der Waals surface area contributed by atoms with Gasteiger partial charge in [-0.25, -0.2) is 9.78 Å². The number of carboxylic acid groups (broad SMARTS) is 1. The molecule has 8 heteroatoms. The molecule has 1 aromatic heterocycles. The van der Waals surface area contributed by atoms with Gasteiger partial charge in [-0.15, -0.1) is 0 Å². The Hall–Kier alpha value is -4.75. The van der Waals surface area contributed by atoms with Crippen LogP contribution in [0.3, 0.4) is 0 Å². The van der Waals surface area contributed by atoms with E-state index in [1.807, 2.05) is 36.4 Å². The quantitative estimate of drug-likeness (QED) is 0.277. The van der Waals surface area contributed by atoms with Crippen LogP contribution in [0.5, 0.6) is 5.75 Å². The minimum absolute atomic E-state index is 0.135. The first-order valence-corrected chi connectivity index (χ1v) is 11.7. The zero-order valence-corrected chi connectivity index (χ0v) is 20.2. The zero-order valence-electron chi connectivity index (χ0n) is 19.4. The van der Waals surface area contributed by atoms with E-state index in [1.165, 1.54) is 17.0 Å². The third-order valence-electron chi connectivity index (χ3n) is 5.64.